The lowest BCUT2D eigenvalue weighted by Gasteiger charge is -2.09. The quantitative estimate of drug-likeness (QED) is 0.825. The first-order valence-electron chi connectivity index (χ1n) is 7.76. The molecule has 0 aliphatic carbocycles. The SMILES string of the molecule is CCOC(=O)c1ccc(NC(=O)COc2ccc(C)c(C)c2)cc1. The lowest BCUT2D eigenvalue weighted by Crippen LogP contribution is -2.20. The molecular formula is C19H21NO4. The van der Waals surface area contributed by atoms with Gasteiger partial charge in [-0.3, -0.25) is 4.79 Å². The second-order valence-electron chi connectivity index (χ2n) is 5.38. The molecule has 0 unspecified atom stereocenters. The van der Waals surface area contributed by atoms with Crippen LogP contribution >= 0.6 is 0 Å². The van der Waals surface area contributed by atoms with Gasteiger partial charge in [0.25, 0.3) is 5.91 Å². The van der Waals surface area contributed by atoms with Crippen LogP contribution in [0, 0.1) is 13.8 Å². The first-order valence-corrected chi connectivity index (χ1v) is 7.76. The first-order chi connectivity index (χ1) is 11.5. The Morgan fingerprint density at radius 1 is 1.00 bits per heavy atom. The van der Waals surface area contributed by atoms with Gasteiger partial charge in [0.15, 0.2) is 6.61 Å². The maximum Gasteiger partial charge on any atom is 0.338 e. The molecule has 1 N–H and O–H groups in total. The highest BCUT2D eigenvalue weighted by atomic mass is 16.5. The summed E-state index contributed by atoms with van der Waals surface area (Å²) in [6.45, 7) is 6.01. The predicted octanol–water partition coefficient (Wildman–Crippen LogP) is 3.50. The summed E-state index contributed by atoms with van der Waals surface area (Å²) in [6.07, 6.45) is 0. The van der Waals surface area contributed by atoms with Crippen molar-refractivity contribution >= 4 is 17.6 Å². The molecule has 0 saturated carbocycles. The summed E-state index contributed by atoms with van der Waals surface area (Å²) < 4.78 is 10.4. The number of anilines is 1. The number of hydrogen-bond donors (Lipinski definition) is 1. The van der Waals surface area contributed by atoms with E-state index in [-0.39, 0.29) is 18.5 Å². The first kappa shape index (κ1) is 17.5. The van der Waals surface area contributed by atoms with Gasteiger partial charge in [0.05, 0.1) is 12.2 Å². The normalized spacial score (nSPS) is 10.1. The molecule has 0 spiro atoms. The van der Waals surface area contributed by atoms with Crippen LogP contribution in [0.5, 0.6) is 5.75 Å². The van der Waals surface area contributed by atoms with Crippen LogP contribution < -0.4 is 10.1 Å². The van der Waals surface area contributed by atoms with E-state index >= 15 is 0 Å². The van der Waals surface area contributed by atoms with Crippen LogP contribution in [-0.4, -0.2) is 25.1 Å². The van der Waals surface area contributed by atoms with E-state index < -0.39 is 0 Å². The molecule has 0 radical (unpaired) electrons. The fraction of sp³-hybridized carbons (Fsp3) is 0.263. The van der Waals surface area contributed by atoms with E-state index in [0.29, 0.717) is 23.6 Å². The van der Waals surface area contributed by atoms with Gasteiger partial charge in [0.2, 0.25) is 0 Å². The van der Waals surface area contributed by atoms with E-state index in [4.69, 9.17) is 9.47 Å². The molecule has 2 aromatic carbocycles. The van der Waals surface area contributed by atoms with Gasteiger partial charge in [-0.1, -0.05) is 6.07 Å². The van der Waals surface area contributed by atoms with E-state index in [1.54, 1.807) is 31.2 Å². The Morgan fingerprint density at radius 3 is 2.33 bits per heavy atom. The van der Waals surface area contributed by atoms with Crippen LogP contribution in [0.2, 0.25) is 0 Å². The summed E-state index contributed by atoms with van der Waals surface area (Å²) >= 11 is 0. The highest BCUT2D eigenvalue weighted by Crippen LogP contribution is 2.16. The lowest BCUT2D eigenvalue weighted by molar-refractivity contribution is -0.118. The summed E-state index contributed by atoms with van der Waals surface area (Å²) in [4.78, 5) is 23.5. The Labute approximate surface area is 141 Å². The third-order valence-corrected chi connectivity index (χ3v) is 3.53. The zero-order valence-electron chi connectivity index (χ0n) is 14.1. The fourth-order valence-electron chi connectivity index (χ4n) is 2.05. The van der Waals surface area contributed by atoms with E-state index in [2.05, 4.69) is 5.32 Å². The van der Waals surface area contributed by atoms with Crippen molar-refractivity contribution in [3.8, 4) is 5.75 Å². The molecule has 126 valence electrons. The highest BCUT2D eigenvalue weighted by Gasteiger charge is 2.08. The molecule has 0 fully saturated rings. The molecule has 2 rings (SSSR count). The van der Waals surface area contributed by atoms with Crippen LogP contribution in [0.3, 0.4) is 0 Å². The van der Waals surface area contributed by atoms with Crippen molar-refractivity contribution < 1.29 is 19.1 Å². The maximum atomic E-state index is 11.9. The van der Waals surface area contributed by atoms with E-state index in [0.717, 1.165) is 5.56 Å². The van der Waals surface area contributed by atoms with E-state index in [1.165, 1.54) is 5.56 Å². The molecule has 5 heteroatoms. The zero-order valence-corrected chi connectivity index (χ0v) is 14.1. The number of esters is 1. The van der Waals surface area contributed by atoms with Gasteiger partial charge in [0, 0.05) is 5.69 Å². The minimum absolute atomic E-state index is 0.0812. The standard InChI is InChI=1S/C19H21NO4/c1-4-23-19(22)15-6-8-16(9-7-15)20-18(21)12-24-17-10-5-13(2)14(3)11-17/h5-11H,4,12H2,1-3H3,(H,20,21). The second kappa shape index (κ2) is 8.15. The third-order valence-electron chi connectivity index (χ3n) is 3.53. The van der Waals surface area contributed by atoms with Crippen molar-refractivity contribution in [3.63, 3.8) is 0 Å². The van der Waals surface area contributed by atoms with Gasteiger partial charge in [-0.25, -0.2) is 4.79 Å². The molecule has 1 amide bonds. The average Bonchev–Trinajstić information content (AvgIpc) is 2.57. The molecule has 5 nitrogen and oxygen atoms in total. The number of nitrogens with one attached hydrogen (secondary N) is 1. The average molecular weight is 327 g/mol. The van der Waals surface area contributed by atoms with Crippen molar-refractivity contribution in [2.45, 2.75) is 20.8 Å². The van der Waals surface area contributed by atoms with E-state index in [9.17, 15) is 9.59 Å². The summed E-state index contributed by atoms with van der Waals surface area (Å²) in [5.74, 6) is 0.0106. The largest absolute Gasteiger partial charge is 0.484 e. The van der Waals surface area contributed by atoms with Crippen molar-refractivity contribution in [1.82, 2.24) is 0 Å². The summed E-state index contributed by atoms with van der Waals surface area (Å²) in [6, 6.07) is 12.2. The summed E-state index contributed by atoms with van der Waals surface area (Å²) in [5, 5.41) is 2.72. The minimum atomic E-state index is -0.381. The van der Waals surface area contributed by atoms with Crippen molar-refractivity contribution in [2.75, 3.05) is 18.5 Å². The van der Waals surface area contributed by atoms with Gasteiger partial charge >= 0.3 is 5.97 Å². The van der Waals surface area contributed by atoms with Crippen LogP contribution in [-0.2, 0) is 9.53 Å². The number of amides is 1. The number of carbonyl (C=O) groups is 2. The zero-order chi connectivity index (χ0) is 17.5. The number of aryl methyl sites for hydroxylation is 2. The molecular weight excluding hydrogens is 306 g/mol. The van der Waals surface area contributed by atoms with Crippen LogP contribution in [0.4, 0.5) is 5.69 Å². The van der Waals surface area contributed by atoms with Crippen LogP contribution in [0.15, 0.2) is 42.5 Å². The second-order valence-corrected chi connectivity index (χ2v) is 5.38. The molecule has 24 heavy (non-hydrogen) atoms. The number of carbonyl (C=O) groups excluding carboxylic acids is 2. The van der Waals surface area contributed by atoms with Gasteiger partial charge in [0.1, 0.15) is 5.75 Å². The molecule has 0 aliphatic rings. The van der Waals surface area contributed by atoms with Gasteiger partial charge in [-0.15, -0.1) is 0 Å². The highest BCUT2D eigenvalue weighted by molar-refractivity contribution is 5.93. The van der Waals surface area contributed by atoms with Gasteiger partial charge in [-0.2, -0.15) is 0 Å². The third kappa shape index (κ3) is 4.84. The topological polar surface area (TPSA) is 64.6 Å². The molecule has 2 aromatic rings. The van der Waals surface area contributed by atoms with Crippen molar-refractivity contribution in [2.24, 2.45) is 0 Å². The maximum absolute atomic E-state index is 11.9. The Balaban J connectivity index is 1.87. The Hall–Kier alpha value is -2.82. The number of hydrogen-bond acceptors (Lipinski definition) is 4. The van der Waals surface area contributed by atoms with Crippen molar-refractivity contribution in [1.29, 1.82) is 0 Å². The molecule has 0 heterocycles. The molecule has 0 bridgehead atoms. The lowest BCUT2D eigenvalue weighted by atomic mass is 10.1. The van der Waals surface area contributed by atoms with Crippen LogP contribution in [0.25, 0.3) is 0 Å². The van der Waals surface area contributed by atoms with E-state index in [1.807, 2.05) is 32.0 Å². The smallest absolute Gasteiger partial charge is 0.338 e. The van der Waals surface area contributed by atoms with Crippen molar-refractivity contribution in [3.05, 3.63) is 59.2 Å². The molecule has 0 atom stereocenters. The van der Waals surface area contributed by atoms with Gasteiger partial charge < -0.3 is 14.8 Å². The Morgan fingerprint density at radius 2 is 1.71 bits per heavy atom. The number of ether oxygens (including phenoxy) is 2. The predicted molar refractivity (Wildman–Crippen MR) is 92.4 cm³/mol. The monoisotopic (exact) mass is 327 g/mol. The molecule has 0 aromatic heterocycles. The Bertz CT molecular complexity index is 723. The summed E-state index contributed by atoms with van der Waals surface area (Å²) in [5.41, 5.74) is 3.33. The molecule has 0 aliphatic heterocycles. The fourth-order valence-corrected chi connectivity index (χ4v) is 2.05. The number of rotatable bonds is 6. The summed E-state index contributed by atoms with van der Waals surface area (Å²) in [7, 11) is 0. The van der Waals surface area contributed by atoms with Gasteiger partial charge in [-0.05, 0) is 68.3 Å². The van der Waals surface area contributed by atoms with Crippen LogP contribution in [0.1, 0.15) is 28.4 Å². The minimum Gasteiger partial charge on any atom is -0.484 e. The molecule has 0 saturated heterocycles. The Kier molecular flexibility index (Phi) is 5.95. The number of benzene rings is 2.